The number of benzene rings is 2. The van der Waals surface area contributed by atoms with Gasteiger partial charge < -0.3 is 0 Å². The molecule has 1 amide bonds. The van der Waals surface area contributed by atoms with Gasteiger partial charge in [-0.25, -0.2) is 5.48 Å². The number of halogens is 3. The molecule has 0 bridgehead atoms. The molecule has 2 aromatic carbocycles. The molecule has 1 heterocycles. The lowest BCUT2D eigenvalue weighted by Gasteiger charge is -2.07. The largest absolute Gasteiger partial charge is 0.416 e. The van der Waals surface area contributed by atoms with Gasteiger partial charge in [-0.05, 0) is 47.3 Å². The first kappa shape index (κ1) is 15.5. The topological polar surface area (TPSA) is 49.3 Å². The zero-order valence-electron chi connectivity index (χ0n) is 11.5. The highest BCUT2D eigenvalue weighted by atomic mass is 32.1. The minimum atomic E-state index is -4.39. The average molecular weight is 337 g/mol. The Morgan fingerprint density at radius 1 is 1.09 bits per heavy atom. The molecule has 1 aromatic heterocycles. The van der Waals surface area contributed by atoms with Crippen LogP contribution in [0.4, 0.5) is 13.2 Å². The first-order valence-corrected chi connectivity index (χ1v) is 7.36. The fourth-order valence-corrected chi connectivity index (χ4v) is 3.28. The van der Waals surface area contributed by atoms with Crippen molar-refractivity contribution in [2.75, 3.05) is 0 Å². The van der Waals surface area contributed by atoms with Gasteiger partial charge in [0.05, 0.1) is 5.56 Å². The van der Waals surface area contributed by atoms with Crippen LogP contribution in [0.25, 0.3) is 20.5 Å². The van der Waals surface area contributed by atoms with Gasteiger partial charge in [-0.3, -0.25) is 10.0 Å². The molecule has 0 aliphatic carbocycles. The number of carbonyl (C=O) groups excluding carboxylic acids is 1. The van der Waals surface area contributed by atoms with Crippen LogP contribution in [0.15, 0.2) is 48.5 Å². The van der Waals surface area contributed by atoms with Gasteiger partial charge in [-0.2, -0.15) is 13.2 Å². The number of fused-ring (bicyclic) bond motifs is 1. The number of alkyl halides is 3. The molecule has 0 aliphatic rings. The molecular weight excluding hydrogens is 327 g/mol. The standard InChI is InChI=1S/C16H10F3NO2S/c17-16(18,19)12-3-1-2-9(7-12)14-8-11-6-10(15(21)20-22)4-5-13(11)23-14/h1-8,22H,(H,20,21). The van der Waals surface area contributed by atoms with Gasteiger partial charge in [0.15, 0.2) is 0 Å². The molecule has 7 heteroatoms. The van der Waals surface area contributed by atoms with Crippen molar-refractivity contribution in [3.8, 4) is 10.4 Å². The molecule has 0 aliphatic heterocycles. The quantitative estimate of drug-likeness (QED) is 0.526. The zero-order chi connectivity index (χ0) is 16.6. The molecule has 0 saturated carbocycles. The van der Waals surface area contributed by atoms with Crippen LogP contribution in [0.3, 0.4) is 0 Å². The molecule has 3 aromatic rings. The van der Waals surface area contributed by atoms with Crippen molar-refractivity contribution in [2.24, 2.45) is 0 Å². The van der Waals surface area contributed by atoms with Crippen molar-refractivity contribution in [3.05, 3.63) is 59.7 Å². The normalized spacial score (nSPS) is 11.7. The summed E-state index contributed by atoms with van der Waals surface area (Å²) >= 11 is 1.34. The maximum absolute atomic E-state index is 12.8. The van der Waals surface area contributed by atoms with E-state index in [0.29, 0.717) is 10.4 Å². The highest BCUT2D eigenvalue weighted by Crippen LogP contribution is 2.37. The second-order valence-corrected chi connectivity index (χ2v) is 5.97. The minimum Gasteiger partial charge on any atom is -0.288 e. The van der Waals surface area contributed by atoms with Crippen molar-refractivity contribution in [3.63, 3.8) is 0 Å². The van der Waals surface area contributed by atoms with Crippen molar-refractivity contribution in [1.29, 1.82) is 0 Å². The Morgan fingerprint density at radius 3 is 2.57 bits per heavy atom. The van der Waals surface area contributed by atoms with Gasteiger partial charge in [-0.1, -0.05) is 12.1 Å². The van der Waals surface area contributed by atoms with E-state index in [0.717, 1.165) is 22.2 Å². The van der Waals surface area contributed by atoms with E-state index in [1.54, 1.807) is 35.8 Å². The molecule has 0 atom stereocenters. The molecule has 0 fully saturated rings. The van der Waals surface area contributed by atoms with Gasteiger partial charge in [-0.15, -0.1) is 11.3 Å². The smallest absolute Gasteiger partial charge is 0.288 e. The number of thiophene rings is 1. The van der Waals surface area contributed by atoms with Crippen LogP contribution in [0.5, 0.6) is 0 Å². The van der Waals surface area contributed by atoms with E-state index in [9.17, 15) is 18.0 Å². The Kier molecular flexibility index (Phi) is 3.83. The Morgan fingerprint density at radius 2 is 1.87 bits per heavy atom. The van der Waals surface area contributed by atoms with Gasteiger partial charge in [0.1, 0.15) is 0 Å². The summed E-state index contributed by atoms with van der Waals surface area (Å²) in [4.78, 5) is 12.1. The van der Waals surface area contributed by atoms with Crippen molar-refractivity contribution >= 4 is 27.3 Å². The number of rotatable bonds is 2. The Balaban J connectivity index is 2.05. The van der Waals surface area contributed by atoms with Crippen LogP contribution in [0.2, 0.25) is 0 Å². The number of nitrogens with one attached hydrogen (secondary N) is 1. The molecule has 0 unspecified atom stereocenters. The fraction of sp³-hybridized carbons (Fsp3) is 0.0625. The summed E-state index contributed by atoms with van der Waals surface area (Å²) in [7, 11) is 0. The van der Waals surface area contributed by atoms with Crippen molar-refractivity contribution in [2.45, 2.75) is 6.18 Å². The third-order valence-corrected chi connectivity index (χ3v) is 4.52. The first-order valence-electron chi connectivity index (χ1n) is 6.54. The highest BCUT2D eigenvalue weighted by molar-refractivity contribution is 7.22. The fourth-order valence-electron chi connectivity index (χ4n) is 2.24. The van der Waals surface area contributed by atoms with Gasteiger partial charge in [0, 0.05) is 15.1 Å². The van der Waals surface area contributed by atoms with Crippen LogP contribution >= 0.6 is 11.3 Å². The average Bonchev–Trinajstić information content (AvgIpc) is 2.96. The highest BCUT2D eigenvalue weighted by Gasteiger charge is 2.30. The summed E-state index contributed by atoms with van der Waals surface area (Å²) in [5.41, 5.74) is 1.59. The van der Waals surface area contributed by atoms with Crippen LogP contribution in [-0.2, 0) is 6.18 Å². The zero-order valence-corrected chi connectivity index (χ0v) is 12.3. The lowest BCUT2D eigenvalue weighted by molar-refractivity contribution is -0.137. The molecule has 23 heavy (non-hydrogen) atoms. The van der Waals surface area contributed by atoms with Gasteiger partial charge in [0.2, 0.25) is 0 Å². The maximum Gasteiger partial charge on any atom is 0.416 e. The number of hydrogen-bond acceptors (Lipinski definition) is 3. The Labute approximate surface area is 132 Å². The predicted molar refractivity (Wildman–Crippen MR) is 81.5 cm³/mol. The van der Waals surface area contributed by atoms with Crippen LogP contribution in [0.1, 0.15) is 15.9 Å². The second-order valence-electron chi connectivity index (χ2n) is 4.88. The molecule has 0 radical (unpaired) electrons. The summed E-state index contributed by atoms with van der Waals surface area (Å²) in [6, 6.07) is 11.7. The van der Waals surface area contributed by atoms with Crippen molar-refractivity contribution < 1.29 is 23.2 Å². The monoisotopic (exact) mass is 337 g/mol. The minimum absolute atomic E-state index is 0.272. The van der Waals surface area contributed by atoms with Crippen LogP contribution in [-0.4, -0.2) is 11.1 Å². The molecular formula is C16H10F3NO2S. The molecule has 2 N–H and O–H groups in total. The number of carbonyl (C=O) groups is 1. The van der Waals surface area contributed by atoms with E-state index in [1.165, 1.54) is 17.4 Å². The second kappa shape index (κ2) is 5.68. The molecule has 0 saturated heterocycles. The third-order valence-electron chi connectivity index (χ3n) is 3.35. The summed E-state index contributed by atoms with van der Waals surface area (Å²) in [5, 5.41) is 9.37. The van der Waals surface area contributed by atoms with E-state index >= 15 is 0 Å². The lowest BCUT2D eigenvalue weighted by Crippen LogP contribution is -2.18. The SMILES string of the molecule is O=C(NO)c1ccc2sc(-c3cccc(C(F)(F)F)c3)cc2c1. The third kappa shape index (κ3) is 3.06. The molecule has 0 spiro atoms. The van der Waals surface area contributed by atoms with Crippen LogP contribution < -0.4 is 5.48 Å². The summed E-state index contributed by atoms with van der Waals surface area (Å²) in [6.45, 7) is 0. The summed E-state index contributed by atoms with van der Waals surface area (Å²) in [6.07, 6.45) is -4.39. The first-order chi connectivity index (χ1) is 10.9. The van der Waals surface area contributed by atoms with E-state index in [4.69, 9.17) is 5.21 Å². The summed E-state index contributed by atoms with van der Waals surface area (Å²) in [5.74, 6) is -0.640. The number of hydrogen-bond donors (Lipinski definition) is 2. The van der Waals surface area contributed by atoms with E-state index < -0.39 is 17.6 Å². The molecule has 118 valence electrons. The van der Waals surface area contributed by atoms with E-state index in [2.05, 4.69) is 0 Å². The Hall–Kier alpha value is -2.38. The van der Waals surface area contributed by atoms with E-state index in [1.807, 2.05) is 0 Å². The molecule has 3 rings (SSSR count). The van der Waals surface area contributed by atoms with Crippen LogP contribution in [0, 0.1) is 0 Å². The summed E-state index contributed by atoms with van der Waals surface area (Å²) < 4.78 is 39.3. The van der Waals surface area contributed by atoms with E-state index in [-0.39, 0.29) is 5.56 Å². The predicted octanol–water partition coefficient (Wildman–Crippen LogP) is 4.71. The lowest BCUT2D eigenvalue weighted by atomic mass is 10.1. The number of hydroxylamine groups is 1. The Bertz CT molecular complexity index is 886. The van der Waals surface area contributed by atoms with Crippen molar-refractivity contribution in [1.82, 2.24) is 5.48 Å². The molecule has 3 nitrogen and oxygen atoms in total. The maximum atomic E-state index is 12.8. The number of amides is 1. The van der Waals surface area contributed by atoms with Gasteiger partial charge >= 0.3 is 6.18 Å². The van der Waals surface area contributed by atoms with Gasteiger partial charge in [0.25, 0.3) is 5.91 Å².